The Kier molecular flexibility index (Phi) is 1.73. The van der Waals surface area contributed by atoms with Crippen LogP contribution in [0.3, 0.4) is 0 Å². The van der Waals surface area contributed by atoms with Gasteiger partial charge in [-0.3, -0.25) is 4.57 Å². The average Bonchev–Trinajstić information content (AvgIpc) is 2.47. The molecule has 4 nitrogen and oxygen atoms in total. The van der Waals surface area contributed by atoms with Gasteiger partial charge in [0.25, 0.3) is 0 Å². The summed E-state index contributed by atoms with van der Waals surface area (Å²) in [5.41, 5.74) is 0.673. The van der Waals surface area contributed by atoms with Crippen molar-refractivity contribution in [2.24, 2.45) is 0 Å². The highest BCUT2D eigenvalue weighted by molar-refractivity contribution is 5.22. The Hall–Kier alpha value is -1.84. The largest absolute Gasteiger partial charge is 0.331 e. The lowest BCUT2D eigenvalue weighted by molar-refractivity contribution is 0.940. The SMILES string of the molecule is Cc1cn(-c2ccccn2)c(=O)[nH]1. The minimum absolute atomic E-state index is 0.156. The Morgan fingerprint density at radius 1 is 1.46 bits per heavy atom. The van der Waals surface area contributed by atoms with Gasteiger partial charge in [0, 0.05) is 18.1 Å². The van der Waals surface area contributed by atoms with Crippen LogP contribution >= 0.6 is 0 Å². The van der Waals surface area contributed by atoms with Crippen molar-refractivity contribution >= 4 is 0 Å². The predicted molar refractivity (Wildman–Crippen MR) is 48.9 cm³/mol. The fraction of sp³-hybridized carbons (Fsp3) is 0.111. The van der Waals surface area contributed by atoms with E-state index in [0.29, 0.717) is 5.82 Å². The van der Waals surface area contributed by atoms with Crippen LogP contribution in [-0.2, 0) is 0 Å². The van der Waals surface area contributed by atoms with Crippen LogP contribution in [0.15, 0.2) is 35.4 Å². The van der Waals surface area contributed by atoms with Gasteiger partial charge in [-0.05, 0) is 19.1 Å². The van der Waals surface area contributed by atoms with E-state index in [4.69, 9.17) is 0 Å². The number of pyridine rings is 1. The van der Waals surface area contributed by atoms with Crippen LogP contribution in [0.2, 0.25) is 0 Å². The molecule has 0 bridgehead atoms. The van der Waals surface area contributed by atoms with Crippen LogP contribution in [0.5, 0.6) is 0 Å². The molecule has 13 heavy (non-hydrogen) atoms. The molecule has 0 fully saturated rings. The van der Waals surface area contributed by atoms with Crippen LogP contribution in [0.25, 0.3) is 5.82 Å². The summed E-state index contributed by atoms with van der Waals surface area (Å²) in [6.45, 7) is 1.83. The second kappa shape index (κ2) is 2.90. The number of imidazole rings is 1. The zero-order valence-electron chi connectivity index (χ0n) is 7.19. The summed E-state index contributed by atoms with van der Waals surface area (Å²) in [4.78, 5) is 18.0. The van der Waals surface area contributed by atoms with Crippen molar-refractivity contribution in [2.75, 3.05) is 0 Å². The Morgan fingerprint density at radius 2 is 2.31 bits per heavy atom. The van der Waals surface area contributed by atoms with E-state index in [1.165, 1.54) is 4.57 Å². The number of aromatic nitrogens is 3. The average molecular weight is 175 g/mol. The molecule has 0 aromatic carbocycles. The monoisotopic (exact) mass is 175 g/mol. The first-order chi connectivity index (χ1) is 6.27. The fourth-order valence-corrected chi connectivity index (χ4v) is 1.18. The molecule has 66 valence electrons. The summed E-state index contributed by atoms with van der Waals surface area (Å²) in [7, 11) is 0. The maximum Gasteiger partial charge on any atom is 0.331 e. The second-order valence-electron chi connectivity index (χ2n) is 2.80. The molecule has 0 unspecified atom stereocenters. The molecular weight excluding hydrogens is 166 g/mol. The lowest BCUT2D eigenvalue weighted by Crippen LogP contribution is -2.14. The van der Waals surface area contributed by atoms with Gasteiger partial charge in [-0.15, -0.1) is 0 Å². The molecule has 0 saturated carbocycles. The number of aromatic amines is 1. The molecular formula is C9H9N3O. The summed E-state index contributed by atoms with van der Waals surface area (Å²) in [5, 5.41) is 0. The maximum atomic E-state index is 11.3. The Bertz CT molecular complexity index is 455. The molecule has 2 rings (SSSR count). The van der Waals surface area contributed by atoms with Gasteiger partial charge < -0.3 is 4.98 Å². The molecule has 4 heteroatoms. The van der Waals surface area contributed by atoms with Gasteiger partial charge in [0.1, 0.15) is 5.82 Å². The summed E-state index contributed by atoms with van der Waals surface area (Å²) < 4.78 is 1.48. The van der Waals surface area contributed by atoms with Crippen molar-refractivity contribution in [3.63, 3.8) is 0 Å². The number of hydrogen-bond donors (Lipinski definition) is 1. The third-order valence-corrected chi connectivity index (χ3v) is 1.74. The lowest BCUT2D eigenvalue weighted by atomic mass is 10.4. The van der Waals surface area contributed by atoms with E-state index >= 15 is 0 Å². The topological polar surface area (TPSA) is 50.7 Å². The van der Waals surface area contributed by atoms with Crippen molar-refractivity contribution in [2.45, 2.75) is 6.92 Å². The summed E-state index contributed by atoms with van der Waals surface area (Å²) in [6, 6.07) is 5.44. The van der Waals surface area contributed by atoms with Gasteiger partial charge in [0.05, 0.1) is 0 Å². The van der Waals surface area contributed by atoms with Gasteiger partial charge in [-0.2, -0.15) is 0 Å². The molecule has 0 radical (unpaired) electrons. The highest BCUT2D eigenvalue weighted by Gasteiger charge is 2.01. The van der Waals surface area contributed by atoms with Crippen molar-refractivity contribution in [3.8, 4) is 5.82 Å². The lowest BCUT2D eigenvalue weighted by Gasteiger charge is -1.96. The molecule has 0 saturated heterocycles. The summed E-state index contributed by atoms with van der Waals surface area (Å²) in [6.07, 6.45) is 3.38. The zero-order chi connectivity index (χ0) is 9.26. The molecule has 2 aromatic heterocycles. The van der Waals surface area contributed by atoms with E-state index in [1.54, 1.807) is 18.5 Å². The number of H-pyrrole nitrogens is 1. The molecule has 0 aliphatic heterocycles. The van der Waals surface area contributed by atoms with Gasteiger partial charge in [-0.1, -0.05) is 6.07 Å². The van der Waals surface area contributed by atoms with Crippen LogP contribution in [0.1, 0.15) is 5.69 Å². The normalized spacial score (nSPS) is 10.2. The fourth-order valence-electron chi connectivity index (χ4n) is 1.18. The molecule has 2 heterocycles. The number of aryl methyl sites for hydroxylation is 1. The number of nitrogens with one attached hydrogen (secondary N) is 1. The van der Waals surface area contributed by atoms with Crippen LogP contribution in [0.4, 0.5) is 0 Å². The second-order valence-corrected chi connectivity index (χ2v) is 2.80. The predicted octanol–water partition coefficient (Wildman–Crippen LogP) is 0.869. The minimum atomic E-state index is -0.156. The highest BCUT2D eigenvalue weighted by Crippen LogP contribution is 1.99. The maximum absolute atomic E-state index is 11.3. The van der Waals surface area contributed by atoms with Gasteiger partial charge in [-0.25, -0.2) is 9.78 Å². The van der Waals surface area contributed by atoms with E-state index in [2.05, 4.69) is 9.97 Å². The molecule has 1 N–H and O–H groups in total. The van der Waals surface area contributed by atoms with Crippen molar-refractivity contribution in [3.05, 3.63) is 46.8 Å². The highest BCUT2D eigenvalue weighted by atomic mass is 16.1. The smallest absolute Gasteiger partial charge is 0.310 e. The van der Waals surface area contributed by atoms with Gasteiger partial charge in [0.2, 0.25) is 0 Å². The van der Waals surface area contributed by atoms with Crippen molar-refractivity contribution < 1.29 is 0 Å². The first-order valence-corrected chi connectivity index (χ1v) is 3.97. The number of rotatable bonds is 1. The standard InChI is InChI=1S/C9H9N3O/c1-7-6-12(9(13)11-7)8-4-2-3-5-10-8/h2-6H,1H3,(H,11,13). The quantitative estimate of drug-likeness (QED) is 0.699. The third kappa shape index (κ3) is 1.38. The van der Waals surface area contributed by atoms with E-state index < -0.39 is 0 Å². The molecule has 0 atom stereocenters. The Labute approximate surface area is 74.9 Å². The van der Waals surface area contributed by atoms with Crippen molar-refractivity contribution in [1.82, 2.24) is 14.5 Å². The van der Waals surface area contributed by atoms with Crippen LogP contribution in [0, 0.1) is 6.92 Å². The first kappa shape index (κ1) is 7.79. The zero-order valence-corrected chi connectivity index (χ0v) is 7.19. The Balaban J connectivity index is 2.59. The van der Waals surface area contributed by atoms with Crippen LogP contribution in [-0.4, -0.2) is 14.5 Å². The Morgan fingerprint density at radius 3 is 2.85 bits per heavy atom. The van der Waals surface area contributed by atoms with E-state index in [-0.39, 0.29) is 5.69 Å². The summed E-state index contributed by atoms with van der Waals surface area (Å²) >= 11 is 0. The molecule has 0 aliphatic rings. The minimum Gasteiger partial charge on any atom is -0.310 e. The van der Waals surface area contributed by atoms with Crippen LogP contribution < -0.4 is 5.69 Å². The number of nitrogens with zero attached hydrogens (tertiary/aromatic N) is 2. The van der Waals surface area contributed by atoms with Gasteiger partial charge >= 0.3 is 5.69 Å². The third-order valence-electron chi connectivity index (χ3n) is 1.74. The van der Waals surface area contributed by atoms with E-state index in [1.807, 2.05) is 19.1 Å². The molecule has 0 amide bonds. The molecule has 0 aliphatic carbocycles. The molecule has 0 spiro atoms. The van der Waals surface area contributed by atoms with E-state index in [9.17, 15) is 4.79 Å². The summed E-state index contributed by atoms with van der Waals surface area (Å²) in [5.74, 6) is 0.636. The number of hydrogen-bond acceptors (Lipinski definition) is 2. The first-order valence-electron chi connectivity index (χ1n) is 3.97. The van der Waals surface area contributed by atoms with Gasteiger partial charge in [0.15, 0.2) is 0 Å². The van der Waals surface area contributed by atoms with Crippen molar-refractivity contribution in [1.29, 1.82) is 0 Å². The van der Waals surface area contributed by atoms with E-state index in [0.717, 1.165) is 5.69 Å². The molecule has 2 aromatic rings.